The number of aromatic nitrogens is 6. The van der Waals surface area contributed by atoms with Crippen molar-refractivity contribution < 1.29 is 13.2 Å². The largest absolute Gasteiger partial charge is 0.418 e. The molecule has 5 aromatic rings. The van der Waals surface area contributed by atoms with E-state index in [9.17, 15) is 13.2 Å². The molecule has 11 heteroatoms. The van der Waals surface area contributed by atoms with Crippen molar-refractivity contribution in [3.05, 3.63) is 71.4 Å². The van der Waals surface area contributed by atoms with E-state index >= 15 is 0 Å². The highest BCUT2D eigenvalue weighted by Crippen LogP contribution is 2.36. The molecule has 33 heavy (non-hydrogen) atoms. The van der Waals surface area contributed by atoms with Gasteiger partial charge in [-0.05, 0) is 18.2 Å². The van der Waals surface area contributed by atoms with Crippen molar-refractivity contribution in [2.45, 2.75) is 12.6 Å². The summed E-state index contributed by atoms with van der Waals surface area (Å²) >= 11 is 6.36. The minimum atomic E-state index is -4.56. The summed E-state index contributed by atoms with van der Waals surface area (Å²) in [4.78, 5) is 24.3. The van der Waals surface area contributed by atoms with Gasteiger partial charge in [-0.25, -0.2) is 24.9 Å². The van der Waals surface area contributed by atoms with Crippen molar-refractivity contribution >= 4 is 39.6 Å². The number of para-hydroxylation sites is 1. The van der Waals surface area contributed by atoms with Gasteiger partial charge in [-0.3, -0.25) is 0 Å². The first-order valence-corrected chi connectivity index (χ1v) is 10.3. The fourth-order valence-electron chi connectivity index (χ4n) is 3.58. The number of hydrogen-bond donors (Lipinski definition) is 2. The standard InChI is InChI=1S/C22H15ClF3N7/c23-14-6-2-1-4-12(14)17-16(8-9-27-20-19-21(29-10-28-19)31-11-30-20)32-15-7-3-5-13(18(15)33-17)22(24,25)26/h1-7,10-11H,8-9H2,(H2,27,28,29,30,31). The molecular formula is C22H15ClF3N7. The Balaban J connectivity index is 1.56. The van der Waals surface area contributed by atoms with Crippen LogP contribution in [0, 0.1) is 0 Å². The van der Waals surface area contributed by atoms with E-state index in [0.717, 1.165) is 6.07 Å². The van der Waals surface area contributed by atoms with E-state index in [1.165, 1.54) is 24.8 Å². The van der Waals surface area contributed by atoms with Crippen molar-refractivity contribution in [3.8, 4) is 11.3 Å². The molecule has 0 aliphatic carbocycles. The molecule has 3 aromatic heterocycles. The Labute approximate surface area is 190 Å². The molecule has 0 radical (unpaired) electrons. The van der Waals surface area contributed by atoms with Gasteiger partial charge in [0, 0.05) is 18.5 Å². The monoisotopic (exact) mass is 469 g/mol. The molecule has 5 rings (SSSR count). The van der Waals surface area contributed by atoms with Gasteiger partial charge in [-0.1, -0.05) is 35.9 Å². The van der Waals surface area contributed by atoms with E-state index in [-0.39, 0.29) is 11.0 Å². The molecule has 2 N–H and O–H groups in total. The van der Waals surface area contributed by atoms with Crippen molar-refractivity contribution in [2.24, 2.45) is 0 Å². The second-order valence-corrected chi connectivity index (χ2v) is 7.58. The van der Waals surface area contributed by atoms with Crippen LogP contribution in [-0.2, 0) is 12.6 Å². The van der Waals surface area contributed by atoms with Gasteiger partial charge in [0.15, 0.2) is 11.5 Å². The number of hydrogen-bond acceptors (Lipinski definition) is 6. The first kappa shape index (κ1) is 21.1. The third kappa shape index (κ3) is 4.05. The van der Waals surface area contributed by atoms with Crippen molar-refractivity contribution in [2.75, 3.05) is 11.9 Å². The van der Waals surface area contributed by atoms with E-state index in [2.05, 4.69) is 35.2 Å². The molecule has 0 saturated heterocycles. The van der Waals surface area contributed by atoms with Crippen molar-refractivity contribution in [1.29, 1.82) is 0 Å². The number of nitrogens with one attached hydrogen (secondary N) is 2. The lowest BCUT2D eigenvalue weighted by molar-refractivity contribution is -0.136. The van der Waals surface area contributed by atoms with Gasteiger partial charge >= 0.3 is 6.18 Å². The molecule has 166 valence electrons. The minimum absolute atomic E-state index is 0.161. The Morgan fingerprint density at radius 3 is 2.64 bits per heavy atom. The van der Waals surface area contributed by atoms with Gasteiger partial charge in [0.05, 0.1) is 33.8 Å². The van der Waals surface area contributed by atoms with E-state index in [1.54, 1.807) is 24.3 Å². The number of imidazole rings is 1. The van der Waals surface area contributed by atoms with E-state index in [0.29, 0.717) is 51.9 Å². The Morgan fingerprint density at radius 1 is 0.970 bits per heavy atom. The molecular weight excluding hydrogens is 455 g/mol. The number of fused-ring (bicyclic) bond motifs is 2. The maximum atomic E-state index is 13.6. The van der Waals surface area contributed by atoms with Gasteiger partial charge in [-0.15, -0.1) is 0 Å². The predicted molar refractivity (Wildman–Crippen MR) is 119 cm³/mol. The fourth-order valence-corrected chi connectivity index (χ4v) is 3.81. The van der Waals surface area contributed by atoms with Crippen LogP contribution in [0.25, 0.3) is 33.5 Å². The smallest absolute Gasteiger partial charge is 0.368 e. The molecule has 0 amide bonds. The molecule has 0 fully saturated rings. The zero-order valence-electron chi connectivity index (χ0n) is 16.9. The number of alkyl halides is 3. The van der Waals surface area contributed by atoms with Gasteiger partial charge in [0.1, 0.15) is 17.4 Å². The average molecular weight is 470 g/mol. The van der Waals surface area contributed by atoms with Crippen LogP contribution in [-0.4, -0.2) is 36.4 Å². The molecule has 7 nitrogen and oxygen atoms in total. The zero-order valence-corrected chi connectivity index (χ0v) is 17.6. The number of benzene rings is 2. The van der Waals surface area contributed by atoms with Gasteiger partial charge in [0.25, 0.3) is 0 Å². The van der Waals surface area contributed by atoms with Crippen LogP contribution in [0.5, 0.6) is 0 Å². The second kappa shape index (κ2) is 8.28. The molecule has 0 spiro atoms. The molecule has 0 saturated carbocycles. The number of nitrogens with zero attached hydrogens (tertiary/aromatic N) is 5. The first-order valence-electron chi connectivity index (χ1n) is 9.91. The van der Waals surface area contributed by atoms with Crippen LogP contribution < -0.4 is 5.32 Å². The average Bonchev–Trinajstić information content (AvgIpc) is 3.28. The number of aromatic amines is 1. The highest BCUT2D eigenvalue weighted by molar-refractivity contribution is 6.33. The maximum Gasteiger partial charge on any atom is 0.418 e. The summed E-state index contributed by atoms with van der Waals surface area (Å²) in [5, 5.41) is 3.57. The molecule has 2 aromatic carbocycles. The summed E-state index contributed by atoms with van der Waals surface area (Å²) in [6, 6.07) is 10.7. The number of rotatable bonds is 5. The highest BCUT2D eigenvalue weighted by atomic mass is 35.5. The fraction of sp³-hybridized carbons (Fsp3) is 0.136. The summed E-state index contributed by atoms with van der Waals surface area (Å²) < 4.78 is 40.8. The molecule has 3 heterocycles. The molecule has 0 unspecified atom stereocenters. The SMILES string of the molecule is FC(F)(F)c1cccc2nc(CCNc3ncnc4nc[nH]c34)c(-c3ccccc3Cl)nc12. The van der Waals surface area contributed by atoms with E-state index < -0.39 is 11.7 Å². The van der Waals surface area contributed by atoms with Crippen LogP contribution in [0.2, 0.25) is 5.02 Å². The quantitative estimate of drug-likeness (QED) is 0.363. The Morgan fingerprint density at radius 2 is 1.82 bits per heavy atom. The van der Waals surface area contributed by atoms with Crippen LogP contribution in [0.15, 0.2) is 55.1 Å². The summed E-state index contributed by atoms with van der Waals surface area (Å²) in [6.45, 7) is 0.391. The van der Waals surface area contributed by atoms with Crippen LogP contribution >= 0.6 is 11.6 Å². The highest BCUT2D eigenvalue weighted by Gasteiger charge is 2.34. The van der Waals surface area contributed by atoms with Crippen molar-refractivity contribution in [1.82, 2.24) is 29.9 Å². The summed E-state index contributed by atoms with van der Waals surface area (Å²) in [5.41, 5.74) is 1.61. The minimum Gasteiger partial charge on any atom is -0.368 e. The maximum absolute atomic E-state index is 13.6. The van der Waals surface area contributed by atoms with Crippen molar-refractivity contribution in [3.63, 3.8) is 0 Å². The number of halogens is 4. The molecule has 0 bridgehead atoms. The Bertz CT molecular complexity index is 1470. The third-order valence-electron chi connectivity index (χ3n) is 5.08. The lowest BCUT2D eigenvalue weighted by atomic mass is 10.1. The van der Waals surface area contributed by atoms with E-state index in [1.807, 2.05) is 0 Å². The second-order valence-electron chi connectivity index (χ2n) is 7.17. The number of anilines is 1. The van der Waals surface area contributed by atoms with E-state index in [4.69, 9.17) is 11.6 Å². The summed E-state index contributed by atoms with van der Waals surface area (Å²) in [5.74, 6) is 0.560. The van der Waals surface area contributed by atoms with Crippen LogP contribution in [0.3, 0.4) is 0 Å². The predicted octanol–water partition coefficient (Wildman–Crippen LogP) is 5.29. The Kier molecular flexibility index (Phi) is 5.29. The lowest BCUT2D eigenvalue weighted by Crippen LogP contribution is -2.12. The molecule has 0 aliphatic heterocycles. The molecule has 0 aliphatic rings. The first-order chi connectivity index (χ1) is 15.9. The van der Waals surface area contributed by atoms with Crippen LogP contribution in [0.4, 0.5) is 19.0 Å². The third-order valence-corrected chi connectivity index (χ3v) is 5.41. The summed E-state index contributed by atoms with van der Waals surface area (Å²) in [7, 11) is 0. The van der Waals surface area contributed by atoms with Gasteiger partial charge < -0.3 is 10.3 Å². The zero-order chi connectivity index (χ0) is 23.0. The van der Waals surface area contributed by atoms with Gasteiger partial charge in [-0.2, -0.15) is 13.2 Å². The van der Waals surface area contributed by atoms with Crippen LogP contribution in [0.1, 0.15) is 11.3 Å². The number of H-pyrrole nitrogens is 1. The Hall–Kier alpha value is -3.79. The molecule has 0 atom stereocenters. The van der Waals surface area contributed by atoms with Gasteiger partial charge in [0.2, 0.25) is 0 Å². The lowest BCUT2D eigenvalue weighted by Gasteiger charge is -2.15. The summed E-state index contributed by atoms with van der Waals surface area (Å²) in [6.07, 6.45) is -1.28. The normalized spacial score (nSPS) is 11.9. The topological polar surface area (TPSA) is 92.3 Å².